The Kier molecular flexibility index (Phi) is 3.71. The SMILES string of the molecule is C=CO[P+](=S)Oc1ccccc1. The van der Waals surface area contributed by atoms with Crippen LogP contribution in [0.25, 0.3) is 0 Å². The summed E-state index contributed by atoms with van der Waals surface area (Å²) in [6, 6.07) is 9.32. The summed E-state index contributed by atoms with van der Waals surface area (Å²) in [5.41, 5.74) is 0. The summed E-state index contributed by atoms with van der Waals surface area (Å²) >= 11 is 4.87. The third-order valence-corrected chi connectivity index (χ3v) is 2.25. The zero-order chi connectivity index (χ0) is 8.81. The third kappa shape index (κ3) is 2.99. The third-order valence-electron chi connectivity index (χ3n) is 1.08. The molecule has 1 aromatic carbocycles. The lowest BCUT2D eigenvalue weighted by atomic mass is 10.3. The molecule has 0 amide bonds. The standard InChI is InChI=1S/C8H8O2PS/c1-2-9-11(12)10-8-6-4-3-5-7-8/h2-7H,1H2/q+1. The number of rotatable bonds is 4. The molecule has 1 rings (SSSR count). The van der Waals surface area contributed by atoms with Crippen molar-refractivity contribution in [2.45, 2.75) is 0 Å². The molecule has 1 atom stereocenters. The fourth-order valence-corrected chi connectivity index (χ4v) is 1.55. The molecule has 0 saturated carbocycles. The minimum Gasteiger partial charge on any atom is -0.252 e. The van der Waals surface area contributed by atoms with Crippen molar-refractivity contribution < 1.29 is 9.05 Å². The lowest BCUT2D eigenvalue weighted by molar-refractivity contribution is 0.467. The van der Waals surface area contributed by atoms with E-state index in [1.807, 2.05) is 30.3 Å². The van der Waals surface area contributed by atoms with Gasteiger partial charge in [0.05, 0.1) is 0 Å². The first kappa shape index (κ1) is 9.17. The van der Waals surface area contributed by atoms with Crippen molar-refractivity contribution in [1.82, 2.24) is 0 Å². The normalized spacial score (nSPS) is 10.2. The molecule has 0 radical (unpaired) electrons. The van der Waals surface area contributed by atoms with Gasteiger partial charge in [0.25, 0.3) is 11.8 Å². The van der Waals surface area contributed by atoms with Gasteiger partial charge in [-0.15, -0.1) is 0 Å². The monoisotopic (exact) mass is 199 g/mol. The molecule has 0 spiro atoms. The van der Waals surface area contributed by atoms with Crippen LogP contribution in [-0.4, -0.2) is 0 Å². The summed E-state index contributed by atoms with van der Waals surface area (Å²) in [5.74, 6) is 0.723. The van der Waals surface area contributed by atoms with Crippen LogP contribution in [0.2, 0.25) is 0 Å². The van der Waals surface area contributed by atoms with Gasteiger partial charge in [0.1, 0.15) is 6.26 Å². The van der Waals surface area contributed by atoms with Crippen molar-refractivity contribution >= 4 is 19.0 Å². The summed E-state index contributed by atoms with van der Waals surface area (Å²) in [5, 5.41) is 0. The highest BCUT2D eigenvalue weighted by molar-refractivity contribution is 8.00. The highest BCUT2D eigenvalue weighted by atomic mass is 32.4. The topological polar surface area (TPSA) is 18.5 Å². The predicted octanol–water partition coefficient (Wildman–Crippen LogP) is 3.00. The van der Waals surface area contributed by atoms with E-state index in [4.69, 9.17) is 20.9 Å². The van der Waals surface area contributed by atoms with E-state index in [1.165, 1.54) is 6.26 Å². The Labute approximate surface area is 77.4 Å². The highest BCUT2D eigenvalue weighted by Gasteiger charge is 2.12. The molecule has 1 unspecified atom stereocenters. The summed E-state index contributed by atoms with van der Waals surface area (Å²) < 4.78 is 10.1. The van der Waals surface area contributed by atoms with E-state index < -0.39 is 7.15 Å². The maximum Gasteiger partial charge on any atom is 0.626 e. The first-order valence-electron chi connectivity index (χ1n) is 3.31. The number of hydrogen-bond donors (Lipinski definition) is 0. The Hall–Kier alpha value is -0.920. The molecular formula is C8H8O2PS+. The van der Waals surface area contributed by atoms with Gasteiger partial charge in [-0.2, -0.15) is 0 Å². The molecule has 1 aromatic rings. The van der Waals surface area contributed by atoms with Gasteiger partial charge in [-0.25, -0.2) is 4.52 Å². The van der Waals surface area contributed by atoms with Crippen LogP contribution in [-0.2, 0) is 16.3 Å². The first-order chi connectivity index (χ1) is 5.83. The van der Waals surface area contributed by atoms with Gasteiger partial charge >= 0.3 is 7.15 Å². The molecule has 0 aromatic heterocycles. The van der Waals surface area contributed by atoms with Gasteiger partial charge in [0, 0.05) is 0 Å². The molecule has 0 bridgehead atoms. The molecule has 0 saturated heterocycles. The minimum absolute atomic E-state index is 0.723. The molecule has 0 fully saturated rings. The van der Waals surface area contributed by atoms with Crippen LogP contribution in [0.4, 0.5) is 0 Å². The Balaban J connectivity index is 2.52. The van der Waals surface area contributed by atoms with Crippen molar-refractivity contribution in [1.29, 1.82) is 0 Å². The summed E-state index contributed by atoms with van der Waals surface area (Å²) in [6.45, 7) is 3.39. The smallest absolute Gasteiger partial charge is 0.252 e. The molecule has 0 aliphatic carbocycles. The highest BCUT2D eigenvalue weighted by Crippen LogP contribution is 2.27. The molecule has 0 heterocycles. The van der Waals surface area contributed by atoms with Crippen LogP contribution in [0.15, 0.2) is 43.2 Å². The van der Waals surface area contributed by atoms with Crippen LogP contribution in [0, 0.1) is 0 Å². The van der Waals surface area contributed by atoms with Crippen molar-refractivity contribution in [3.63, 3.8) is 0 Å². The molecule has 0 aliphatic heterocycles. The van der Waals surface area contributed by atoms with Crippen molar-refractivity contribution in [2.75, 3.05) is 0 Å². The fraction of sp³-hybridized carbons (Fsp3) is 0. The summed E-state index contributed by atoms with van der Waals surface area (Å²) in [7, 11) is -1.29. The van der Waals surface area contributed by atoms with E-state index >= 15 is 0 Å². The second-order valence-corrected chi connectivity index (χ2v) is 3.64. The number of hydrogen-bond acceptors (Lipinski definition) is 3. The summed E-state index contributed by atoms with van der Waals surface area (Å²) in [6.07, 6.45) is 1.29. The van der Waals surface area contributed by atoms with Gasteiger partial charge in [0.15, 0.2) is 5.75 Å². The van der Waals surface area contributed by atoms with Gasteiger partial charge in [0.2, 0.25) is 0 Å². The predicted molar refractivity (Wildman–Crippen MR) is 52.6 cm³/mol. The second kappa shape index (κ2) is 4.86. The average Bonchev–Trinajstić information content (AvgIpc) is 2.06. The van der Waals surface area contributed by atoms with E-state index in [2.05, 4.69) is 6.58 Å². The number of benzene rings is 1. The van der Waals surface area contributed by atoms with Crippen molar-refractivity contribution in [2.24, 2.45) is 0 Å². The van der Waals surface area contributed by atoms with E-state index in [9.17, 15) is 0 Å². The lowest BCUT2D eigenvalue weighted by Crippen LogP contribution is -1.80. The molecule has 2 nitrogen and oxygen atoms in total. The minimum atomic E-state index is -1.29. The molecule has 0 N–H and O–H groups in total. The van der Waals surface area contributed by atoms with Crippen LogP contribution in [0.3, 0.4) is 0 Å². The number of para-hydroxylation sites is 1. The molecule has 4 heteroatoms. The second-order valence-electron chi connectivity index (χ2n) is 1.90. The first-order valence-corrected chi connectivity index (χ1v) is 5.50. The van der Waals surface area contributed by atoms with Gasteiger partial charge in [-0.3, -0.25) is 4.52 Å². The largest absolute Gasteiger partial charge is 0.626 e. The molecular weight excluding hydrogens is 191 g/mol. The Bertz CT molecular complexity index is 274. The molecule has 62 valence electrons. The van der Waals surface area contributed by atoms with Crippen LogP contribution in [0.1, 0.15) is 0 Å². The quantitative estimate of drug-likeness (QED) is 0.548. The maximum atomic E-state index is 5.24. The Morgan fingerprint density at radius 3 is 2.58 bits per heavy atom. The van der Waals surface area contributed by atoms with Crippen LogP contribution in [0.5, 0.6) is 5.75 Å². The van der Waals surface area contributed by atoms with E-state index in [0.717, 1.165) is 5.75 Å². The van der Waals surface area contributed by atoms with E-state index in [-0.39, 0.29) is 0 Å². The van der Waals surface area contributed by atoms with Crippen LogP contribution >= 0.6 is 7.15 Å². The Morgan fingerprint density at radius 2 is 2.00 bits per heavy atom. The van der Waals surface area contributed by atoms with Gasteiger partial charge < -0.3 is 0 Å². The van der Waals surface area contributed by atoms with Crippen molar-refractivity contribution in [3.8, 4) is 5.75 Å². The molecule has 0 aliphatic rings. The molecule has 12 heavy (non-hydrogen) atoms. The Morgan fingerprint density at radius 1 is 1.33 bits per heavy atom. The zero-order valence-corrected chi connectivity index (χ0v) is 8.05. The lowest BCUT2D eigenvalue weighted by Gasteiger charge is -1.90. The summed E-state index contributed by atoms with van der Waals surface area (Å²) in [4.78, 5) is 0. The fourth-order valence-electron chi connectivity index (χ4n) is 0.650. The maximum absolute atomic E-state index is 5.24. The van der Waals surface area contributed by atoms with Gasteiger partial charge in [-0.05, 0) is 12.1 Å². The van der Waals surface area contributed by atoms with Crippen LogP contribution < -0.4 is 4.52 Å². The van der Waals surface area contributed by atoms with Gasteiger partial charge in [-0.1, -0.05) is 24.8 Å². The average molecular weight is 199 g/mol. The zero-order valence-electron chi connectivity index (χ0n) is 6.34. The van der Waals surface area contributed by atoms with Crippen molar-refractivity contribution in [3.05, 3.63) is 43.2 Å². The van der Waals surface area contributed by atoms with E-state index in [1.54, 1.807) is 0 Å². The van der Waals surface area contributed by atoms with E-state index in [0.29, 0.717) is 0 Å².